The van der Waals surface area contributed by atoms with Gasteiger partial charge in [0.05, 0.1) is 18.8 Å². The number of aliphatic hydroxyl groups is 2. The molecule has 17 heavy (non-hydrogen) atoms. The summed E-state index contributed by atoms with van der Waals surface area (Å²) in [5.74, 6) is 0.557. The van der Waals surface area contributed by atoms with Crippen LogP contribution in [-0.2, 0) is 6.54 Å². The lowest BCUT2D eigenvalue weighted by Crippen LogP contribution is -2.33. The van der Waals surface area contributed by atoms with Gasteiger partial charge in [-0.2, -0.15) is 5.10 Å². The topological polar surface area (TPSA) is 70.3 Å². The van der Waals surface area contributed by atoms with Crippen LogP contribution < -0.4 is 5.32 Å². The first-order valence-electron chi connectivity index (χ1n) is 6.28. The quantitative estimate of drug-likeness (QED) is 0.653. The molecule has 0 saturated heterocycles. The predicted octanol–water partition coefficient (Wildman–Crippen LogP) is -0.00540. The smallest absolute Gasteiger partial charge is 0.0860 e. The lowest BCUT2D eigenvalue weighted by molar-refractivity contribution is 0.144. The first kappa shape index (κ1) is 12.5. The number of hydrogen-bond donors (Lipinski definition) is 3. The van der Waals surface area contributed by atoms with Crippen LogP contribution in [0, 0.1) is 5.92 Å². The summed E-state index contributed by atoms with van der Waals surface area (Å²) in [6.45, 7) is 1.98. The Morgan fingerprint density at radius 3 is 3.00 bits per heavy atom. The maximum Gasteiger partial charge on any atom is 0.0860 e. The van der Waals surface area contributed by atoms with Gasteiger partial charge in [-0.3, -0.25) is 4.68 Å². The average molecular weight is 239 g/mol. The highest BCUT2D eigenvalue weighted by atomic mass is 16.3. The van der Waals surface area contributed by atoms with Gasteiger partial charge in [0.15, 0.2) is 0 Å². The molecule has 1 heterocycles. The summed E-state index contributed by atoms with van der Waals surface area (Å²) in [4.78, 5) is 0. The fourth-order valence-corrected chi connectivity index (χ4v) is 2.38. The van der Waals surface area contributed by atoms with E-state index < -0.39 is 6.10 Å². The van der Waals surface area contributed by atoms with Crippen molar-refractivity contribution in [3.63, 3.8) is 0 Å². The van der Waals surface area contributed by atoms with E-state index in [9.17, 15) is 10.2 Å². The first-order chi connectivity index (χ1) is 8.24. The molecule has 5 heteroatoms. The Morgan fingerprint density at radius 2 is 2.35 bits per heavy atom. The van der Waals surface area contributed by atoms with Gasteiger partial charge in [0.2, 0.25) is 0 Å². The number of nitrogens with one attached hydrogen (secondary N) is 1. The van der Waals surface area contributed by atoms with Crippen molar-refractivity contribution in [3.05, 3.63) is 18.5 Å². The number of aliphatic hydroxyl groups excluding tert-OH is 2. The van der Waals surface area contributed by atoms with Gasteiger partial charge in [0.1, 0.15) is 0 Å². The molecule has 1 aromatic heterocycles. The van der Waals surface area contributed by atoms with Crippen molar-refractivity contribution in [1.29, 1.82) is 0 Å². The molecule has 1 aliphatic rings. The van der Waals surface area contributed by atoms with Crippen LogP contribution in [0.3, 0.4) is 0 Å². The molecule has 3 atom stereocenters. The molecule has 96 valence electrons. The SMILES string of the molecule is OC1CCC(CNCC(O)Cn2cccn2)C1. The molecule has 1 fully saturated rings. The van der Waals surface area contributed by atoms with Crippen LogP contribution in [0.2, 0.25) is 0 Å². The molecule has 5 nitrogen and oxygen atoms in total. The normalized spacial score (nSPS) is 26.2. The van der Waals surface area contributed by atoms with Crippen LogP contribution in [-0.4, -0.2) is 45.3 Å². The van der Waals surface area contributed by atoms with E-state index >= 15 is 0 Å². The fourth-order valence-electron chi connectivity index (χ4n) is 2.38. The summed E-state index contributed by atoms with van der Waals surface area (Å²) in [5, 5.41) is 26.5. The molecule has 1 aromatic rings. The van der Waals surface area contributed by atoms with Crippen molar-refractivity contribution in [2.45, 2.75) is 38.0 Å². The summed E-state index contributed by atoms with van der Waals surface area (Å²) >= 11 is 0. The minimum Gasteiger partial charge on any atom is -0.393 e. The second kappa shape index (κ2) is 6.14. The summed E-state index contributed by atoms with van der Waals surface area (Å²) in [6, 6.07) is 1.85. The van der Waals surface area contributed by atoms with E-state index in [1.807, 2.05) is 12.3 Å². The zero-order chi connectivity index (χ0) is 12.1. The van der Waals surface area contributed by atoms with Crippen LogP contribution in [0.4, 0.5) is 0 Å². The molecular formula is C12H21N3O2. The molecule has 3 unspecified atom stereocenters. The molecule has 1 aliphatic carbocycles. The average Bonchev–Trinajstić information content (AvgIpc) is 2.90. The standard InChI is InChI=1S/C12H21N3O2/c16-11-3-2-10(6-11)7-13-8-12(17)9-15-5-1-4-14-15/h1,4-5,10-13,16-17H,2-3,6-9H2. The zero-order valence-corrected chi connectivity index (χ0v) is 10.00. The molecular weight excluding hydrogens is 218 g/mol. The molecule has 3 N–H and O–H groups in total. The Balaban J connectivity index is 1.58. The van der Waals surface area contributed by atoms with Crippen molar-refractivity contribution in [3.8, 4) is 0 Å². The first-order valence-corrected chi connectivity index (χ1v) is 6.28. The van der Waals surface area contributed by atoms with Gasteiger partial charge in [-0.15, -0.1) is 0 Å². The molecule has 0 aliphatic heterocycles. The van der Waals surface area contributed by atoms with E-state index in [1.54, 1.807) is 10.9 Å². The Labute approximate surface area is 101 Å². The molecule has 0 spiro atoms. The minimum atomic E-state index is -0.416. The largest absolute Gasteiger partial charge is 0.393 e. The van der Waals surface area contributed by atoms with Crippen molar-refractivity contribution >= 4 is 0 Å². The van der Waals surface area contributed by atoms with Gasteiger partial charge in [0, 0.05) is 18.9 Å². The van der Waals surface area contributed by atoms with Gasteiger partial charge < -0.3 is 15.5 Å². The fraction of sp³-hybridized carbons (Fsp3) is 0.750. The van der Waals surface area contributed by atoms with Crippen molar-refractivity contribution in [2.24, 2.45) is 5.92 Å². The van der Waals surface area contributed by atoms with E-state index in [4.69, 9.17) is 0 Å². The minimum absolute atomic E-state index is 0.115. The van der Waals surface area contributed by atoms with Gasteiger partial charge in [0.25, 0.3) is 0 Å². The molecule has 0 radical (unpaired) electrons. The maximum atomic E-state index is 9.77. The van der Waals surface area contributed by atoms with E-state index in [-0.39, 0.29) is 6.10 Å². The molecule has 0 amide bonds. The van der Waals surface area contributed by atoms with Crippen LogP contribution in [0.1, 0.15) is 19.3 Å². The van der Waals surface area contributed by atoms with Crippen LogP contribution in [0.15, 0.2) is 18.5 Å². The van der Waals surface area contributed by atoms with Crippen molar-refractivity contribution in [1.82, 2.24) is 15.1 Å². The van der Waals surface area contributed by atoms with Gasteiger partial charge in [-0.05, 0) is 37.8 Å². The van der Waals surface area contributed by atoms with Crippen LogP contribution in [0.5, 0.6) is 0 Å². The predicted molar refractivity (Wildman–Crippen MR) is 64.5 cm³/mol. The highest BCUT2D eigenvalue weighted by molar-refractivity contribution is 4.79. The summed E-state index contributed by atoms with van der Waals surface area (Å²) in [7, 11) is 0. The third-order valence-electron chi connectivity index (χ3n) is 3.28. The molecule has 0 bridgehead atoms. The van der Waals surface area contributed by atoms with Crippen molar-refractivity contribution < 1.29 is 10.2 Å². The third-order valence-corrected chi connectivity index (χ3v) is 3.28. The lowest BCUT2D eigenvalue weighted by atomic mass is 10.1. The Hall–Kier alpha value is -0.910. The van der Waals surface area contributed by atoms with Gasteiger partial charge in [-0.25, -0.2) is 0 Å². The Morgan fingerprint density at radius 1 is 1.47 bits per heavy atom. The van der Waals surface area contributed by atoms with E-state index in [1.165, 1.54) is 0 Å². The number of hydrogen-bond acceptors (Lipinski definition) is 4. The lowest BCUT2D eigenvalue weighted by Gasteiger charge is -2.14. The van der Waals surface area contributed by atoms with Crippen molar-refractivity contribution in [2.75, 3.05) is 13.1 Å². The zero-order valence-electron chi connectivity index (χ0n) is 10.00. The maximum absolute atomic E-state index is 9.77. The summed E-state index contributed by atoms with van der Waals surface area (Å²) in [6.07, 6.45) is 5.92. The monoisotopic (exact) mass is 239 g/mol. The molecule has 2 rings (SSSR count). The number of aromatic nitrogens is 2. The summed E-state index contributed by atoms with van der Waals surface area (Å²) in [5.41, 5.74) is 0. The summed E-state index contributed by atoms with van der Waals surface area (Å²) < 4.78 is 1.73. The van der Waals surface area contributed by atoms with E-state index in [2.05, 4.69) is 10.4 Å². The highest BCUT2D eigenvalue weighted by Crippen LogP contribution is 2.24. The van der Waals surface area contributed by atoms with Gasteiger partial charge >= 0.3 is 0 Å². The van der Waals surface area contributed by atoms with E-state index in [0.717, 1.165) is 25.8 Å². The number of nitrogens with zero attached hydrogens (tertiary/aromatic N) is 2. The van der Waals surface area contributed by atoms with Gasteiger partial charge in [-0.1, -0.05) is 0 Å². The third kappa shape index (κ3) is 4.11. The van der Waals surface area contributed by atoms with Crippen LogP contribution >= 0.6 is 0 Å². The second-order valence-corrected chi connectivity index (χ2v) is 4.87. The second-order valence-electron chi connectivity index (χ2n) is 4.87. The molecule has 1 saturated carbocycles. The highest BCUT2D eigenvalue weighted by Gasteiger charge is 2.22. The Kier molecular flexibility index (Phi) is 4.53. The Bertz CT molecular complexity index is 316. The van der Waals surface area contributed by atoms with E-state index in [0.29, 0.717) is 19.0 Å². The number of rotatable bonds is 6. The molecule has 0 aromatic carbocycles. The van der Waals surface area contributed by atoms with Crippen LogP contribution in [0.25, 0.3) is 0 Å².